The molecular formula is C24H21N7O. The Morgan fingerprint density at radius 3 is 2.78 bits per heavy atom. The van der Waals surface area contributed by atoms with E-state index in [1.807, 2.05) is 47.4 Å². The molecule has 1 amide bonds. The molecule has 0 saturated carbocycles. The average molecular weight is 423 g/mol. The lowest BCUT2D eigenvalue weighted by Crippen LogP contribution is -2.25. The Hall–Kier alpha value is -4.20. The summed E-state index contributed by atoms with van der Waals surface area (Å²) < 4.78 is 0. The number of H-pyrrole nitrogens is 2. The number of likely N-dealkylation sites (tertiary alicyclic amines) is 1. The van der Waals surface area contributed by atoms with Crippen molar-refractivity contribution >= 4 is 33.7 Å². The van der Waals surface area contributed by atoms with Gasteiger partial charge in [-0.3, -0.25) is 9.89 Å². The van der Waals surface area contributed by atoms with Crippen LogP contribution in [0, 0.1) is 0 Å². The van der Waals surface area contributed by atoms with E-state index in [0.717, 1.165) is 27.7 Å². The highest BCUT2D eigenvalue weighted by molar-refractivity contribution is 6.07. The zero-order valence-corrected chi connectivity index (χ0v) is 17.2. The van der Waals surface area contributed by atoms with Gasteiger partial charge in [-0.25, -0.2) is 9.97 Å². The summed E-state index contributed by atoms with van der Waals surface area (Å²) in [4.78, 5) is 27.2. The first kappa shape index (κ1) is 18.6. The third kappa shape index (κ3) is 3.08. The Morgan fingerprint density at radius 2 is 1.97 bits per heavy atom. The van der Waals surface area contributed by atoms with E-state index in [9.17, 15) is 4.79 Å². The molecule has 0 bridgehead atoms. The summed E-state index contributed by atoms with van der Waals surface area (Å²) in [5.74, 6) is 1.45. The molecule has 158 valence electrons. The number of anilines is 1. The van der Waals surface area contributed by atoms with Gasteiger partial charge in [-0.1, -0.05) is 36.4 Å². The number of nitrogens with two attached hydrogens (primary N) is 1. The number of aromatic amines is 2. The number of amides is 1. The fourth-order valence-electron chi connectivity index (χ4n) is 4.53. The summed E-state index contributed by atoms with van der Waals surface area (Å²) in [6.45, 7) is 1.10. The minimum Gasteiger partial charge on any atom is -0.382 e. The van der Waals surface area contributed by atoms with Gasteiger partial charge in [0.05, 0.1) is 17.8 Å². The fourth-order valence-corrected chi connectivity index (χ4v) is 4.53. The normalized spacial score (nSPS) is 16.4. The van der Waals surface area contributed by atoms with Crippen molar-refractivity contribution in [1.29, 1.82) is 0 Å². The molecule has 0 radical (unpaired) electrons. The van der Waals surface area contributed by atoms with Crippen molar-refractivity contribution in [3.8, 4) is 11.3 Å². The largest absolute Gasteiger partial charge is 0.382 e. The van der Waals surface area contributed by atoms with E-state index in [4.69, 9.17) is 10.7 Å². The maximum absolute atomic E-state index is 12.6. The molecule has 6 rings (SSSR count). The summed E-state index contributed by atoms with van der Waals surface area (Å²) in [5.41, 5.74) is 11.6. The second-order valence-electron chi connectivity index (χ2n) is 8.19. The molecule has 8 nitrogen and oxygen atoms in total. The van der Waals surface area contributed by atoms with Crippen molar-refractivity contribution in [2.24, 2.45) is 0 Å². The van der Waals surface area contributed by atoms with Crippen LogP contribution in [-0.4, -0.2) is 42.5 Å². The van der Waals surface area contributed by atoms with Gasteiger partial charge in [-0.05, 0) is 23.8 Å². The molecule has 0 aliphatic carbocycles. The molecular weight excluding hydrogens is 402 g/mol. The molecule has 8 heteroatoms. The van der Waals surface area contributed by atoms with E-state index in [-0.39, 0.29) is 11.8 Å². The quantitative estimate of drug-likeness (QED) is 0.408. The molecule has 1 atom stereocenters. The number of nitrogens with zero attached hydrogens (tertiary/aromatic N) is 4. The van der Waals surface area contributed by atoms with Crippen LogP contribution in [0.15, 0.2) is 60.8 Å². The second kappa shape index (κ2) is 7.19. The monoisotopic (exact) mass is 423 g/mol. The van der Waals surface area contributed by atoms with Crippen LogP contribution in [0.4, 0.5) is 5.82 Å². The number of carbonyl (C=O) groups excluding carboxylic acids is 1. The van der Waals surface area contributed by atoms with E-state index >= 15 is 0 Å². The van der Waals surface area contributed by atoms with Crippen molar-refractivity contribution in [1.82, 2.24) is 30.0 Å². The summed E-state index contributed by atoms with van der Waals surface area (Å²) in [6, 6.07) is 18.1. The molecule has 1 fully saturated rings. The predicted octanol–water partition coefficient (Wildman–Crippen LogP) is 3.60. The SMILES string of the molecule is Nc1nc2cc(-c3ccn[nH]3)ccc2c2nc(CN3C[C@@H](c4ccccc4)CC3=O)[nH]c12. The van der Waals surface area contributed by atoms with Crippen LogP contribution in [0.2, 0.25) is 0 Å². The molecule has 2 aromatic carbocycles. The van der Waals surface area contributed by atoms with Gasteiger partial charge >= 0.3 is 0 Å². The molecule has 32 heavy (non-hydrogen) atoms. The zero-order valence-electron chi connectivity index (χ0n) is 17.2. The Morgan fingerprint density at radius 1 is 1.09 bits per heavy atom. The third-order valence-corrected chi connectivity index (χ3v) is 6.14. The van der Waals surface area contributed by atoms with Crippen LogP contribution in [-0.2, 0) is 11.3 Å². The number of hydrogen-bond donors (Lipinski definition) is 3. The highest BCUT2D eigenvalue weighted by Crippen LogP contribution is 2.31. The number of rotatable bonds is 4. The Bertz CT molecular complexity index is 1440. The van der Waals surface area contributed by atoms with Crippen LogP contribution < -0.4 is 5.73 Å². The Kier molecular flexibility index (Phi) is 4.17. The number of benzene rings is 2. The van der Waals surface area contributed by atoms with Gasteiger partial charge in [-0.15, -0.1) is 0 Å². The first-order chi connectivity index (χ1) is 15.7. The van der Waals surface area contributed by atoms with Crippen LogP contribution in [0.1, 0.15) is 23.7 Å². The number of nitrogens with one attached hydrogen (secondary N) is 2. The second-order valence-corrected chi connectivity index (χ2v) is 8.19. The lowest BCUT2D eigenvalue weighted by molar-refractivity contribution is -0.128. The lowest BCUT2D eigenvalue weighted by atomic mass is 9.99. The number of pyridine rings is 1. The number of imidazole rings is 1. The minimum atomic E-state index is 0.138. The van der Waals surface area contributed by atoms with E-state index in [1.54, 1.807) is 6.20 Å². The fraction of sp³-hybridized carbons (Fsp3) is 0.167. The van der Waals surface area contributed by atoms with Gasteiger partial charge in [0.25, 0.3) is 0 Å². The highest BCUT2D eigenvalue weighted by Gasteiger charge is 2.31. The third-order valence-electron chi connectivity index (χ3n) is 6.14. The van der Waals surface area contributed by atoms with Crippen LogP contribution in [0.3, 0.4) is 0 Å². The van der Waals surface area contributed by atoms with E-state index < -0.39 is 0 Å². The predicted molar refractivity (Wildman–Crippen MR) is 123 cm³/mol. The summed E-state index contributed by atoms with van der Waals surface area (Å²) in [7, 11) is 0. The Balaban J connectivity index is 1.32. The van der Waals surface area contributed by atoms with Crippen molar-refractivity contribution in [2.75, 3.05) is 12.3 Å². The van der Waals surface area contributed by atoms with Crippen molar-refractivity contribution in [3.05, 3.63) is 72.2 Å². The van der Waals surface area contributed by atoms with E-state index in [1.165, 1.54) is 5.56 Å². The van der Waals surface area contributed by atoms with Crippen molar-refractivity contribution < 1.29 is 4.79 Å². The van der Waals surface area contributed by atoms with Gasteiger partial charge < -0.3 is 15.6 Å². The van der Waals surface area contributed by atoms with Crippen LogP contribution >= 0.6 is 0 Å². The first-order valence-corrected chi connectivity index (χ1v) is 10.6. The number of carbonyl (C=O) groups is 1. The molecule has 5 aromatic rings. The number of aromatic nitrogens is 5. The summed E-state index contributed by atoms with van der Waals surface area (Å²) in [5, 5.41) is 7.89. The summed E-state index contributed by atoms with van der Waals surface area (Å²) >= 11 is 0. The molecule has 1 aliphatic heterocycles. The molecule has 0 spiro atoms. The minimum absolute atomic E-state index is 0.138. The highest BCUT2D eigenvalue weighted by atomic mass is 16.2. The molecule has 1 saturated heterocycles. The first-order valence-electron chi connectivity index (χ1n) is 10.6. The molecule has 4 N–H and O–H groups in total. The van der Waals surface area contributed by atoms with Gasteiger partial charge in [0.1, 0.15) is 22.7 Å². The van der Waals surface area contributed by atoms with E-state index in [0.29, 0.717) is 36.7 Å². The average Bonchev–Trinajstić information content (AvgIpc) is 3.55. The molecule has 1 aliphatic rings. The maximum Gasteiger partial charge on any atom is 0.223 e. The zero-order chi connectivity index (χ0) is 21.7. The molecule has 4 heterocycles. The topological polar surface area (TPSA) is 117 Å². The number of nitrogen functional groups attached to an aromatic ring is 1. The van der Waals surface area contributed by atoms with Gasteiger partial charge in [0, 0.05) is 36.0 Å². The standard InChI is InChI=1S/C24H21N7O/c25-24-23-22(17-7-6-15(10-19(17)27-24)18-8-9-26-30-18)28-20(29-23)13-31-12-16(11-21(31)32)14-4-2-1-3-5-14/h1-10,16H,11-13H2,(H2,25,27)(H,26,30)(H,28,29)/t16-/m0/s1. The van der Waals surface area contributed by atoms with Crippen molar-refractivity contribution in [3.63, 3.8) is 0 Å². The van der Waals surface area contributed by atoms with Gasteiger partial charge in [0.15, 0.2) is 0 Å². The molecule has 3 aromatic heterocycles. The smallest absolute Gasteiger partial charge is 0.223 e. The van der Waals surface area contributed by atoms with Gasteiger partial charge in [0.2, 0.25) is 5.91 Å². The van der Waals surface area contributed by atoms with Crippen LogP contribution in [0.25, 0.3) is 33.2 Å². The molecule has 0 unspecified atom stereocenters. The maximum atomic E-state index is 12.6. The van der Waals surface area contributed by atoms with Crippen molar-refractivity contribution in [2.45, 2.75) is 18.9 Å². The van der Waals surface area contributed by atoms with E-state index in [2.05, 4.69) is 32.3 Å². The summed E-state index contributed by atoms with van der Waals surface area (Å²) in [6.07, 6.45) is 2.24. The van der Waals surface area contributed by atoms with Gasteiger partial charge in [-0.2, -0.15) is 5.10 Å². The number of fused-ring (bicyclic) bond motifs is 3. The lowest BCUT2D eigenvalue weighted by Gasteiger charge is -2.15. The number of hydrogen-bond acceptors (Lipinski definition) is 5. The van der Waals surface area contributed by atoms with Crippen LogP contribution in [0.5, 0.6) is 0 Å². The Labute approximate surface area is 183 Å².